The molecule has 2 aromatic rings. The average molecular weight is 296 g/mol. The molecular formula is C18H20N2O2. The summed E-state index contributed by atoms with van der Waals surface area (Å²) in [6.45, 7) is 2.77. The van der Waals surface area contributed by atoms with Crippen molar-refractivity contribution in [3.8, 4) is 17.6 Å². The van der Waals surface area contributed by atoms with Crippen LogP contribution >= 0.6 is 0 Å². The molecule has 0 saturated heterocycles. The molecule has 0 bridgehead atoms. The van der Waals surface area contributed by atoms with Crippen LogP contribution in [0.2, 0.25) is 0 Å². The Balaban J connectivity index is 2.09. The predicted molar refractivity (Wildman–Crippen MR) is 86.0 cm³/mol. The summed E-state index contributed by atoms with van der Waals surface area (Å²) in [4.78, 5) is 0. The van der Waals surface area contributed by atoms with Crippen molar-refractivity contribution in [2.45, 2.75) is 19.5 Å². The van der Waals surface area contributed by atoms with Crippen LogP contribution in [0, 0.1) is 11.3 Å². The molecule has 114 valence electrons. The van der Waals surface area contributed by atoms with E-state index in [1.165, 1.54) is 0 Å². The minimum atomic E-state index is 0.117. The van der Waals surface area contributed by atoms with E-state index >= 15 is 0 Å². The van der Waals surface area contributed by atoms with Crippen molar-refractivity contribution in [1.82, 2.24) is 5.32 Å². The Kier molecular flexibility index (Phi) is 5.40. The fraction of sp³-hybridized carbons (Fsp3) is 0.278. The number of ether oxygens (including phenoxy) is 2. The number of rotatable bonds is 6. The molecule has 2 aromatic carbocycles. The first-order valence-electron chi connectivity index (χ1n) is 7.12. The quantitative estimate of drug-likeness (QED) is 0.887. The number of hydrogen-bond acceptors (Lipinski definition) is 4. The van der Waals surface area contributed by atoms with E-state index in [2.05, 4.69) is 18.3 Å². The van der Waals surface area contributed by atoms with Crippen LogP contribution in [0.25, 0.3) is 0 Å². The molecule has 0 amide bonds. The van der Waals surface area contributed by atoms with Crippen molar-refractivity contribution < 1.29 is 9.47 Å². The van der Waals surface area contributed by atoms with Crippen molar-refractivity contribution in [3.63, 3.8) is 0 Å². The highest BCUT2D eigenvalue weighted by atomic mass is 16.5. The van der Waals surface area contributed by atoms with Gasteiger partial charge in [-0.15, -0.1) is 0 Å². The second-order valence-electron chi connectivity index (χ2n) is 5.02. The van der Waals surface area contributed by atoms with Crippen LogP contribution in [0.15, 0.2) is 42.5 Å². The zero-order chi connectivity index (χ0) is 15.9. The number of nitrogens with one attached hydrogen (secondary N) is 1. The molecule has 0 spiro atoms. The van der Waals surface area contributed by atoms with Crippen LogP contribution in [0.4, 0.5) is 0 Å². The van der Waals surface area contributed by atoms with Gasteiger partial charge in [0.15, 0.2) is 0 Å². The van der Waals surface area contributed by atoms with E-state index in [4.69, 9.17) is 14.7 Å². The second-order valence-corrected chi connectivity index (χ2v) is 5.02. The van der Waals surface area contributed by atoms with Crippen LogP contribution in [-0.2, 0) is 6.54 Å². The zero-order valence-electron chi connectivity index (χ0n) is 13.1. The molecule has 2 rings (SSSR count). The highest BCUT2D eigenvalue weighted by Gasteiger charge is 2.12. The Bertz CT molecular complexity index is 677. The molecule has 4 nitrogen and oxygen atoms in total. The van der Waals surface area contributed by atoms with Crippen LogP contribution in [0.1, 0.15) is 29.7 Å². The van der Waals surface area contributed by atoms with Crippen LogP contribution in [-0.4, -0.2) is 14.2 Å². The van der Waals surface area contributed by atoms with Gasteiger partial charge in [0.1, 0.15) is 11.5 Å². The third kappa shape index (κ3) is 3.78. The summed E-state index contributed by atoms with van der Waals surface area (Å²) in [6.07, 6.45) is 0. The maximum Gasteiger partial charge on any atom is 0.127 e. The molecular weight excluding hydrogens is 276 g/mol. The molecule has 0 aliphatic rings. The summed E-state index contributed by atoms with van der Waals surface area (Å²) in [5.74, 6) is 1.57. The topological polar surface area (TPSA) is 54.3 Å². The fourth-order valence-electron chi connectivity index (χ4n) is 2.31. The zero-order valence-corrected chi connectivity index (χ0v) is 13.1. The minimum Gasteiger partial charge on any atom is -0.497 e. The summed E-state index contributed by atoms with van der Waals surface area (Å²) in [5.41, 5.74) is 2.83. The van der Waals surface area contributed by atoms with E-state index in [0.29, 0.717) is 12.1 Å². The molecule has 1 N–H and O–H groups in total. The number of benzene rings is 2. The lowest BCUT2D eigenvalue weighted by atomic mass is 10.1. The van der Waals surface area contributed by atoms with Crippen LogP contribution in [0.5, 0.6) is 11.5 Å². The fourth-order valence-corrected chi connectivity index (χ4v) is 2.31. The first-order chi connectivity index (χ1) is 10.7. The van der Waals surface area contributed by atoms with Gasteiger partial charge in [0.05, 0.1) is 25.9 Å². The maximum absolute atomic E-state index is 8.94. The molecule has 0 fully saturated rings. The largest absolute Gasteiger partial charge is 0.497 e. The summed E-state index contributed by atoms with van der Waals surface area (Å²) in [7, 11) is 3.29. The van der Waals surface area contributed by atoms with Gasteiger partial charge in [-0.05, 0) is 30.7 Å². The Morgan fingerprint density at radius 1 is 1.14 bits per heavy atom. The standard InChI is InChI=1S/C18H20N2O2/c1-13(17-8-7-16(21-2)10-18(17)22-3)20-12-15-6-4-5-14(9-15)11-19/h4-10,13,20H,12H2,1-3H3/t13-/m1/s1. The molecule has 0 aliphatic heterocycles. The van der Waals surface area contributed by atoms with Gasteiger partial charge < -0.3 is 14.8 Å². The first-order valence-corrected chi connectivity index (χ1v) is 7.12. The van der Waals surface area contributed by atoms with Gasteiger partial charge in [0.25, 0.3) is 0 Å². The van der Waals surface area contributed by atoms with E-state index < -0.39 is 0 Å². The highest BCUT2D eigenvalue weighted by molar-refractivity contribution is 5.42. The molecule has 0 saturated carbocycles. The van der Waals surface area contributed by atoms with Gasteiger partial charge in [0.2, 0.25) is 0 Å². The average Bonchev–Trinajstić information content (AvgIpc) is 2.59. The third-order valence-corrected chi connectivity index (χ3v) is 3.58. The van der Waals surface area contributed by atoms with Gasteiger partial charge in [-0.25, -0.2) is 0 Å². The first kappa shape index (κ1) is 15.9. The second kappa shape index (κ2) is 7.48. The van der Waals surface area contributed by atoms with Crippen molar-refractivity contribution in [3.05, 3.63) is 59.2 Å². The summed E-state index contributed by atoms with van der Waals surface area (Å²) in [6, 6.07) is 15.7. The lowest BCUT2D eigenvalue weighted by Gasteiger charge is -2.18. The van der Waals surface area contributed by atoms with Crippen LogP contribution < -0.4 is 14.8 Å². The Morgan fingerprint density at radius 2 is 1.95 bits per heavy atom. The maximum atomic E-state index is 8.94. The summed E-state index contributed by atoms with van der Waals surface area (Å²) < 4.78 is 10.6. The van der Waals surface area contributed by atoms with Gasteiger partial charge in [-0.3, -0.25) is 0 Å². The normalized spacial score (nSPS) is 11.5. The number of nitriles is 1. The molecule has 4 heteroatoms. The number of nitrogens with zero attached hydrogens (tertiary/aromatic N) is 1. The monoisotopic (exact) mass is 296 g/mol. The molecule has 0 aliphatic carbocycles. The smallest absolute Gasteiger partial charge is 0.127 e. The van der Waals surface area contributed by atoms with Crippen LogP contribution in [0.3, 0.4) is 0 Å². The Labute approximate surface area is 131 Å². The van der Waals surface area contributed by atoms with E-state index in [1.54, 1.807) is 20.3 Å². The lowest BCUT2D eigenvalue weighted by Crippen LogP contribution is -2.18. The minimum absolute atomic E-state index is 0.117. The van der Waals surface area contributed by atoms with Crippen molar-refractivity contribution in [2.24, 2.45) is 0 Å². The molecule has 1 atom stereocenters. The Morgan fingerprint density at radius 3 is 2.64 bits per heavy atom. The highest BCUT2D eigenvalue weighted by Crippen LogP contribution is 2.29. The number of methoxy groups -OCH3 is 2. The van der Waals surface area contributed by atoms with Crippen molar-refractivity contribution in [1.29, 1.82) is 5.26 Å². The summed E-state index contributed by atoms with van der Waals surface area (Å²) in [5, 5.41) is 12.4. The van der Waals surface area contributed by atoms with E-state index in [0.717, 1.165) is 22.6 Å². The Hall–Kier alpha value is -2.51. The predicted octanol–water partition coefficient (Wildman–Crippen LogP) is 3.43. The third-order valence-electron chi connectivity index (χ3n) is 3.58. The number of hydrogen-bond donors (Lipinski definition) is 1. The summed E-state index contributed by atoms with van der Waals surface area (Å²) >= 11 is 0. The van der Waals surface area contributed by atoms with Gasteiger partial charge in [-0.2, -0.15) is 5.26 Å². The van der Waals surface area contributed by atoms with Gasteiger partial charge >= 0.3 is 0 Å². The van der Waals surface area contributed by atoms with E-state index in [9.17, 15) is 0 Å². The molecule has 0 unspecified atom stereocenters. The van der Waals surface area contributed by atoms with Crippen molar-refractivity contribution in [2.75, 3.05) is 14.2 Å². The molecule has 0 aromatic heterocycles. The van der Waals surface area contributed by atoms with Gasteiger partial charge in [0, 0.05) is 24.2 Å². The van der Waals surface area contributed by atoms with E-state index in [1.807, 2.05) is 36.4 Å². The molecule has 22 heavy (non-hydrogen) atoms. The molecule has 0 heterocycles. The SMILES string of the molecule is COc1ccc([C@@H](C)NCc2cccc(C#N)c2)c(OC)c1. The van der Waals surface area contributed by atoms with Crippen molar-refractivity contribution >= 4 is 0 Å². The van der Waals surface area contributed by atoms with Gasteiger partial charge in [-0.1, -0.05) is 18.2 Å². The lowest BCUT2D eigenvalue weighted by molar-refractivity contribution is 0.386. The van der Waals surface area contributed by atoms with E-state index in [-0.39, 0.29) is 6.04 Å². The molecule has 0 radical (unpaired) electrons.